The summed E-state index contributed by atoms with van der Waals surface area (Å²) >= 11 is 3.25. The van der Waals surface area contributed by atoms with Crippen LogP contribution >= 0.6 is 15.9 Å². The van der Waals surface area contributed by atoms with Gasteiger partial charge < -0.3 is 4.98 Å². The van der Waals surface area contributed by atoms with Crippen LogP contribution in [0.3, 0.4) is 0 Å². The SMILES string of the molecule is O=C(c1ccccc1)N(C(=O)c1ccccc1)c1ncnc2nc(Br)[nH]c12. The molecule has 1 N–H and O–H groups in total. The van der Waals surface area contributed by atoms with Crippen molar-refractivity contribution >= 4 is 44.7 Å². The third-order valence-corrected chi connectivity index (χ3v) is 4.27. The zero-order valence-electron chi connectivity index (χ0n) is 13.8. The summed E-state index contributed by atoms with van der Waals surface area (Å²) in [5.41, 5.74) is 1.47. The summed E-state index contributed by atoms with van der Waals surface area (Å²) in [7, 11) is 0. The average Bonchev–Trinajstić information content (AvgIpc) is 3.10. The molecule has 0 unspecified atom stereocenters. The minimum Gasteiger partial charge on any atom is -0.328 e. The first-order chi connectivity index (χ1) is 13.1. The van der Waals surface area contributed by atoms with Crippen LogP contribution < -0.4 is 4.90 Å². The minimum atomic E-state index is -0.491. The first-order valence-corrected chi connectivity index (χ1v) is 8.79. The molecule has 4 rings (SSSR count). The van der Waals surface area contributed by atoms with Crippen molar-refractivity contribution in [3.63, 3.8) is 0 Å². The van der Waals surface area contributed by atoms with E-state index in [4.69, 9.17) is 0 Å². The van der Waals surface area contributed by atoms with Crippen LogP contribution in [0.5, 0.6) is 0 Å². The van der Waals surface area contributed by atoms with Crippen LogP contribution in [0.25, 0.3) is 11.2 Å². The van der Waals surface area contributed by atoms with Gasteiger partial charge in [0, 0.05) is 11.1 Å². The molecule has 0 saturated heterocycles. The number of aromatic nitrogens is 4. The van der Waals surface area contributed by atoms with Crippen molar-refractivity contribution in [2.45, 2.75) is 0 Å². The van der Waals surface area contributed by atoms with Gasteiger partial charge in [-0.15, -0.1) is 0 Å². The van der Waals surface area contributed by atoms with Crippen molar-refractivity contribution in [3.05, 3.63) is 82.9 Å². The topological polar surface area (TPSA) is 91.8 Å². The smallest absolute Gasteiger partial charge is 0.266 e. The summed E-state index contributed by atoms with van der Waals surface area (Å²) in [6, 6.07) is 17.1. The number of carbonyl (C=O) groups is 2. The minimum absolute atomic E-state index is 0.140. The number of carbonyl (C=O) groups excluding carboxylic acids is 2. The zero-order valence-corrected chi connectivity index (χ0v) is 15.4. The van der Waals surface area contributed by atoms with Gasteiger partial charge in [-0.1, -0.05) is 36.4 Å². The van der Waals surface area contributed by atoms with E-state index in [9.17, 15) is 9.59 Å². The fourth-order valence-corrected chi connectivity index (χ4v) is 3.03. The lowest BCUT2D eigenvalue weighted by Crippen LogP contribution is -2.38. The fourth-order valence-electron chi connectivity index (χ4n) is 2.66. The van der Waals surface area contributed by atoms with Gasteiger partial charge in [0.2, 0.25) is 0 Å². The van der Waals surface area contributed by atoms with Gasteiger partial charge in [0.25, 0.3) is 11.8 Å². The molecule has 0 aliphatic heterocycles. The predicted octanol–water partition coefficient (Wildman–Crippen LogP) is 3.60. The number of fused-ring (bicyclic) bond motifs is 1. The molecular weight excluding hydrogens is 410 g/mol. The molecule has 132 valence electrons. The number of nitrogens with one attached hydrogen (secondary N) is 1. The second-order valence-electron chi connectivity index (χ2n) is 5.60. The van der Waals surface area contributed by atoms with E-state index in [2.05, 4.69) is 35.9 Å². The summed E-state index contributed by atoms with van der Waals surface area (Å²) < 4.78 is 0.429. The Morgan fingerprint density at radius 1 is 0.852 bits per heavy atom. The molecule has 0 radical (unpaired) electrons. The Bertz CT molecular complexity index is 1080. The van der Waals surface area contributed by atoms with Crippen LogP contribution in [0.4, 0.5) is 5.82 Å². The maximum atomic E-state index is 13.2. The number of H-pyrrole nitrogens is 1. The molecule has 7 nitrogen and oxygen atoms in total. The molecule has 8 heteroatoms. The van der Waals surface area contributed by atoms with Crippen molar-refractivity contribution in [1.82, 2.24) is 19.9 Å². The van der Waals surface area contributed by atoms with E-state index in [1.807, 2.05) is 0 Å². The monoisotopic (exact) mass is 421 g/mol. The van der Waals surface area contributed by atoms with Crippen LogP contribution in [-0.2, 0) is 0 Å². The summed E-state index contributed by atoms with van der Waals surface area (Å²) in [4.78, 5) is 42.9. The highest BCUT2D eigenvalue weighted by atomic mass is 79.9. The predicted molar refractivity (Wildman–Crippen MR) is 103 cm³/mol. The summed E-state index contributed by atoms with van der Waals surface area (Å²) in [6.45, 7) is 0. The number of amides is 2. The van der Waals surface area contributed by atoms with Crippen LogP contribution in [0.2, 0.25) is 0 Å². The van der Waals surface area contributed by atoms with Gasteiger partial charge >= 0.3 is 0 Å². The molecule has 0 aliphatic carbocycles. The number of imide groups is 1. The van der Waals surface area contributed by atoms with E-state index < -0.39 is 11.8 Å². The second-order valence-corrected chi connectivity index (χ2v) is 6.35. The first kappa shape index (κ1) is 17.0. The zero-order chi connectivity index (χ0) is 18.8. The molecule has 0 aliphatic rings. The highest BCUT2D eigenvalue weighted by Gasteiger charge is 2.29. The third-order valence-electron chi connectivity index (χ3n) is 3.90. The highest BCUT2D eigenvalue weighted by Crippen LogP contribution is 2.26. The van der Waals surface area contributed by atoms with Crippen LogP contribution in [0, 0.1) is 0 Å². The molecule has 0 saturated carbocycles. The van der Waals surface area contributed by atoms with Crippen LogP contribution in [0.1, 0.15) is 20.7 Å². The van der Waals surface area contributed by atoms with Crippen molar-refractivity contribution < 1.29 is 9.59 Å². The van der Waals surface area contributed by atoms with Crippen LogP contribution in [0.15, 0.2) is 71.7 Å². The van der Waals surface area contributed by atoms with Gasteiger partial charge in [0.15, 0.2) is 16.2 Å². The van der Waals surface area contributed by atoms with Crippen molar-refractivity contribution in [2.75, 3.05) is 4.90 Å². The van der Waals surface area contributed by atoms with E-state index in [1.54, 1.807) is 60.7 Å². The highest BCUT2D eigenvalue weighted by molar-refractivity contribution is 9.10. The summed E-state index contributed by atoms with van der Waals surface area (Å²) in [6.07, 6.45) is 1.27. The van der Waals surface area contributed by atoms with Gasteiger partial charge in [-0.25, -0.2) is 19.9 Å². The third kappa shape index (κ3) is 3.22. The number of aromatic amines is 1. The van der Waals surface area contributed by atoms with Crippen molar-refractivity contribution in [1.29, 1.82) is 0 Å². The molecule has 0 spiro atoms. The number of nitrogens with zero attached hydrogens (tertiary/aromatic N) is 4. The molecule has 4 aromatic rings. The number of anilines is 1. The number of rotatable bonds is 3. The average molecular weight is 422 g/mol. The molecule has 2 amide bonds. The molecule has 27 heavy (non-hydrogen) atoms. The molecule has 0 bridgehead atoms. The molecule has 2 heterocycles. The Morgan fingerprint density at radius 3 is 1.96 bits per heavy atom. The van der Waals surface area contributed by atoms with Gasteiger partial charge in [-0.2, -0.15) is 0 Å². The molecular formula is C19H12BrN5O2. The largest absolute Gasteiger partial charge is 0.328 e. The lowest BCUT2D eigenvalue weighted by Gasteiger charge is -2.20. The fraction of sp³-hybridized carbons (Fsp3) is 0. The summed E-state index contributed by atoms with van der Waals surface area (Å²) in [5, 5.41) is 0. The van der Waals surface area contributed by atoms with Crippen LogP contribution in [-0.4, -0.2) is 31.8 Å². The van der Waals surface area contributed by atoms with E-state index in [1.165, 1.54) is 6.33 Å². The Morgan fingerprint density at radius 2 is 1.41 bits per heavy atom. The second kappa shape index (κ2) is 7.08. The molecule has 2 aromatic carbocycles. The Hall–Kier alpha value is -3.39. The van der Waals surface area contributed by atoms with Crippen molar-refractivity contribution in [3.8, 4) is 0 Å². The van der Waals surface area contributed by atoms with E-state index >= 15 is 0 Å². The molecule has 0 atom stereocenters. The lowest BCUT2D eigenvalue weighted by molar-refractivity contribution is 0.0897. The van der Waals surface area contributed by atoms with Gasteiger partial charge in [-0.05, 0) is 40.2 Å². The van der Waals surface area contributed by atoms with Gasteiger partial charge in [0.05, 0.1) is 0 Å². The Labute approximate surface area is 162 Å². The number of hydrogen-bond acceptors (Lipinski definition) is 5. The summed E-state index contributed by atoms with van der Waals surface area (Å²) in [5.74, 6) is -0.841. The molecule has 0 fully saturated rings. The van der Waals surface area contributed by atoms with Gasteiger partial charge in [-0.3, -0.25) is 9.59 Å². The quantitative estimate of drug-likeness (QED) is 0.402. The number of hydrogen-bond donors (Lipinski definition) is 1. The maximum Gasteiger partial charge on any atom is 0.266 e. The number of imidazole rings is 1. The molecule has 2 aromatic heterocycles. The van der Waals surface area contributed by atoms with E-state index in [-0.39, 0.29) is 5.82 Å². The number of halogens is 1. The van der Waals surface area contributed by atoms with Crippen molar-refractivity contribution in [2.24, 2.45) is 0 Å². The van der Waals surface area contributed by atoms with Gasteiger partial charge in [0.1, 0.15) is 11.8 Å². The number of benzene rings is 2. The Kier molecular flexibility index (Phi) is 4.47. The Balaban J connectivity index is 1.90. The van der Waals surface area contributed by atoms with E-state index in [0.717, 1.165) is 4.90 Å². The van der Waals surface area contributed by atoms with E-state index in [0.29, 0.717) is 27.0 Å². The first-order valence-electron chi connectivity index (χ1n) is 8.00. The maximum absolute atomic E-state index is 13.2. The standard InChI is InChI=1S/C19H12BrN5O2/c20-19-23-14-15(24-19)21-11-22-16(14)25(17(26)12-7-3-1-4-8-12)18(27)13-9-5-2-6-10-13/h1-11H,(H,21,22,23,24). The lowest BCUT2D eigenvalue weighted by atomic mass is 10.1. The normalized spacial score (nSPS) is 10.7.